The molecule has 0 spiro atoms. The smallest absolute Gasteiger partial charge is 0.194 e. The Labute approximate surface area is 129 Å². The van der Waals surface area contributed by atoms with E-state index in [0.717, 1.165) is 10.7 Å². The summed E-state index contributed by atoms with van der Waals surface area (Å²) >= 11 is 7.98. The summed E-state index contributed by atoms with van der Waals surface area (Å²) in [7, 11) is 0. The van der Waals surface area contributed by atoms with Crippen molar-refractivity contribution < 1.29 is 0 Å². The van der Waals surface area contributed by atoms with E-state index in [9.17, 15) is 0 Å². The summed E-state index contributed by atoms with van der Waals surface area (Å²) in [6, 6.07) is 0. The zero-order valence-corrected chi connectivity index (χ0v) is 13.7. The number of nitrogens with zero attached hydrogens (tertiary/aromatic N) is 2. The third-order valence-corrected chi connectivity index (χ3v) is 5.48. The summed E-state index contributed by atoms with van der Waals surface area (Å²) < 4.78 is 2.21. The van der Waals surface area contributed by atoms with E-state index in [4.69, 9.17) is 11.6 Å². The van der Waals surface area contributed by atoms with Crippen LogP contribution in [0.1, 0.15) is 48.4 Å². The molecule has 1 aliphatic carbocycles. The maximum absolute atomic E-state index is 6.23. The van der Waals surface area contributed by atoms with Gasteiger partial charge in [-0.05, 0) is 38.7 Å². The van der Waals surface area contributed by atoms with E-state index in [-0.39, 0.29) is 0 Å². The summed E-state index contributed by atoms with van der Waals surface area (Å²) in [4.78, 5) is 7.05. The first-order chi connectivity index (χ1) is 9.69. The van der Waals surface area contributed by atoms with E-state index >= 15 is 0 Å². The Morgan fingerprint density at radius 1 is 1.40 bits per heavy atom. The summed E-state index contributed by atoms with van der Waals surface area (Å²) in [6.45, 7) is 4.22. The topological polar surface area (TPSA) is 17.3 Å². The molecule has 2 nitrogen and oxygen atoms in total. The number of hydrogen-bond acceptors (Lipinski definition) is 2. The molecule has 1 aliphatic rings. The standard InChI is InChI=1S/C16H21ClN2S/c1-11-10-19-15(12(2)18-16(19)20-11)8-14(9-17)13-6-4-3-5-7-13/h8,10,13H,3-7,9H2,1-2H3/b14-8-. The van der Waals surface area contributed by atoms with Crippen LogP contribution in [0.15, 0.2) is 11.8 Å². The monoisotopic (exact) mass is 308 g/mol. The lowest BCUT2D eigenvalue weighted by Gasteiger charge is -2.23. The molecule has 2 heterocycles. The lowest BCUT2D eigenvalue weighted by atomic mass is 9.84. The van der Waals surface area contributed by atoms with Crippen LogP contribution in [0.4, 0.5) is 0 Å². The second kappa shape index (κ2) is 5.90. The van der Waals surface area contributed by atoms with Crippen LogP contribution in [0, 0.1) is 19.8 Å². The van der Waals surface area contributed by atoms with Gasteiger partial charge in [-0.3, -0.25) is 4.40 Å². The van der Waals surface area contributed by atoms with Gasteiger partial charge < -0.3 is 0 Å². The van der Waals surface area contributed by atoms with Crippen molar-refractivity contribution in [3.8, 4) is 0 Å². The molecular formula is C16H21ClN2S. The lowest BCUT2D eigenvalue weighted by molar-refractivity contribution is 0.405. The minimum Gasteiger partial charge on any atom is -0.290 e. The number of fused-ring (bicyclic) bond motifs is 1. The summed E-state index contributed by atoms with van der Waals surface area (Å²) in [5.74, 6) is 1.31. The van der Waals surface area contributed by atoms with Gasteiger partial charge in [-0.1, -0.05) is 24.8 Å². The van der Waals surface area contributed by atoms with Crippen molar-refractivity contribution in [3.63, 3.8) is 0 Å². The van der Waals surface area contributed by atoms with Gasteiger partial charge in [-0.15, -0.1) is 22.9 Å². The van der Waals surface area contributed by atoms with Gasteiger partial charge in [0, 0.05) is 17.0 Å². The third kappa shape index (κ3) is 2.66. The Kier molecular flexibility index (Phi) is 4.18. The van der Waals surface area contributed by atoms with Gasteiger partial charge in [0.25, 0.3) is 0 Å². The molecule has 2 aromatic rings. The molecule has 108 valence electrons. The van der Waals surface area contributed by atoms with E-state index in [1.165, 1.54) is 48.2 Å². The summed E-state index contributed by atoms with van der Waals surface area (Å²) in [5.41, 5.74) is 3.71. The van der Waals surface area contributed by atoms with Crippen LogP contribution in [0.5, 0.6) is 0 Å². The highest BCUT2D eigenvalue weighted by molar-refractivity contribution is 7.17. The van der Waals surface area contributed by atoms with Crippen molar-refractivity contribution in [3.05, 3.63) is 28.0 Å². The van der Waals surface area contributed by atoms with Gasteiger partial charge in [-0.2, -0.15) is 0 Å². The van der Waals surface area contributed by atoms with Gasteiger partial charge in [0.05, 0.1) is 11.4 Å². The number of imidazole rings is 1. The van der Waals surface area contributed by atoms with Gasteiger partial charge in [0.1, 0.15) is 0 Å². The van der Waals surface area contributed by atoms with Crippen molar-refractivity contribution in [2.45, 2.75) is 46.0 Å². The van der Waals surface area contributed by atoms with Crippen LogP contribution in [-0.2, 0) is 0 Å². The maximum Gasteiger partial charge on any atom is 0.194 e. The minimum atomic E-state index is 0.639. The molecule has 0 unspecified atom stereocenters. The van der Waals surface area contributed by atoms with Crippen LogP contribution < -0.4 is 0 Å². The predicted octanol–water partition coefficient (Wildman–Crippen LogP) is 5.22. The fourth-order valence-corrected chi connectivity index (χ4v) is 4.34. The van der Waals surface area contributed by atoms with E-state index in [1.807, 2.05) is 0 Å². The van der Waals surface area contributed by atoms with Gasteiger partial charge in [-0.25, -0.2) is 4.98 Å². The third-order valence-electron chi connectivity index (χ3n) is 4.27. The number of alkyl halides is 1. The van der Waals surface area contributed by atoms with Crippen molar-refractivity contribution in [2.75, 3.05) is 5.88 Å². The van der Waals surface area contributed by atoms with Crippen LogP contribution in [0.25, 0.3) is 11.0 Å². The SMILES string of the molecule is Cc1cn2c(/C=C(/CCl)C3CCCCC3)c(C)nc2s1. The molecule has 0 N–H and O–H groups in total. The van der Waals surface area contributed by atoms with E-state index in [2.05, 4.69) is 35.5 Å². The number of hydrogen-bond donors (Lipinski definition) is 0. The molecule has 0 amide bonds. The normalized spacial score (nSPS) is 18.1. The Morgan fingerprint density at radius 3 is 2.85 bits per heavy atom. The largest absolute Gasteiger partial charge is 0.290 e. The number of aromatic nitrogens is 2. The molecule has 0 aliphatic heterocycles. The zero-order valence-electron chi connectivity index (χ0n) is 12.2. The molecule has 1 saturated carbocycles. The first-order valence-corrected chi connectivity index (χ1v) is 8.75. The van der Waals surface area contributed by atoms with Gasteiger partial charge in [0.15, 0.2) is 4.96 Å². The van der Waals surface area contributed by atoms with Crippen LogP contribution in [0.3, 0.4) is 0 Å². The molecule has 0 radical (unpaired) electrons. The Bertz CT molecular complexity index is 632. The number of thiazole rings is 1. The number of aryl methyl sites for hydroxylation is 2. The van der Waals surface area contributed by atoms with Crippen molar-refractivity contribution in [2.24, 2.45) is 5.92 Å². The zero-order chi connectivity index (χ0) is 14.1. The molecule has 2 aromatic heterocycles. The van der Waals surface area contributed by atoms with E-state index in [0.29, 0.717) is 11.8 Å². The molecule has 0 bridgehead atoms. The fraction of sp³-hybridized carbons (Fsp3) is 0.562. The van der Waals surface area contributed by atoms with E-state index < -0.39 is 0 Å². The Morgan fingerprint density at radius 2 is 2.15 bits per heavy atom. The number of allylic oxidation sites excluding steroid dienone is 1. The van der Waals surface area contributed by atoms with Crippen LogP contribution in [0.2, 0.25) is 0 Å². The molecule has 0 aromatic carbocycles. The lowest BCUT2D eigenvalue weighted by Crippen LogP contribution is -2.10. The highest BCUT2D eigenvalue weighted by atomic mass is 35.5. The average Bonchev–Trinajstić information content (AvgIpc) is 2.93. The van der Waals surface area contributed by atoms with Crippen molar-refractivity contribution in [1.29, 1.82) is 0 Å². The fourth-order valence-electron chi connectivity index (χ4n) is 3.17. The van der Waals surface area contributed by atoms with Gasteiger partial charge in [0.2, 0.25) is 0 Å². The van der Waals surface area contributed by atoms with Crippen molar-refractivity contribution >= 4 is 34.0 Å². The summed E-state index contributed by atoms with van der Waals surface area (Å²) in [6.07, 6.45) is 11.1. The maximum atomic E-state index is 6.23. The molecule has 0 atom stereocenters. The highest BCUT2D eigenvalue weighted by Gasteiger charge is 2.18. The van der Waals surface area contributed by atoms with E-state index in [1.54, 1.807) is 11.3 Å². The quantitative estimate of drug-likeness (QED) is 0.711. The molecular weight excluding hydrogens is 288 g/mol. The first kappa shape index (κ1) is 14.2. The second-order valence-corrected chi connectivity index (χ2v) is 7.25. The molecule has 0 saturated heterocycles. The minimum absolute atomic E-state index is 0.639. The van der Waals surface area contributed by atoms with Crippen molar-refractivity contribution in [1.82, 2.24) is 9.38 Å². The van der Waals surface area contributed by atoms with Crippen LogP contribution >= 0.6 is 22.9 Å². The molecule has 1 fully saturated rings. The Balaban J connectivity index is 1.99. The Hall–Kier alpha value is -0.800. The number of rotatable bonds is 3. The summed E-state index contributed by atoms with van der Waals surface area (Å²) in [5, 5.41) is 0. The number of halogens is 1. The molecule has 20 heavy (non-hydrogen) atoms. The molecule has 3 rings (SSSR count). The highest BCUT2D eigenvalue weighted by Crippen LogP contribution is 2.32. The van der Waals surface area contributed by atoms with Crippen LogP contribution in [-0.4, -0.2) is 15.3 Å². The van der Waals surface area contributed by atoms with Gasteiger partial charge >= 0.3 is 0 Å². The predicted molar refractivity (Wildman–Crippen MR) is 87.8 cm³/mol. The average molecular weight is 309 g/mol. The first-order valence-electron chi connectivity index (χ1n) is 7.40. The second-order valence-electron chi connectivity index (χ2n) is 5.76. The molecule has 4 heteroatoms.